The summed E-state index contributed by atoms with van der Waals surface area (Å²) in [7, 11) is -4.04. The van der Waals surface area contributed by atoms with Crippen LogP contribution in [0.1, 0.15) is 39.0 Å². The smallest absolute Gasteiger partial charge is 0.330 e. The molecular weight excluding hydrogens is 348 g/mol. The monoisotopic (exact) mass is 366 g/mol. The number of aryl methyl sites for hydroxylation is 3. The van der Waals surface area contributed by atoms with E-state index >= 15 is 0 Å². The first-order chi connectivity index (χ1) is 11.5. The van der Waals surface area contributed by atoms with Crippen molar-refractivity contribution in [3.63, 3.8) is 0 Å². The number of nitrogens with two attached hydrogens (primary N) is 1. The van der Waals surface area contributed by atoms with Gasteiger partial charge in [-0.15, -0.1) is 0 Å². The molecule has 1 heterocycles. The Morgan fingerprint density at radius 1 is 1.16 bits per heavy atom. The first kappa shape index (κ1) is 18.7. The Hall–Kier alpha value is -2.65. The number of nitrogens with one attached hydrogen (secondary N) is 1. The van der Waals surface area contributed by atoms with Crippen LogP contribution in [0.2, 0.25) is 0 Å². The minimum atomic E-state index is -4.04. The second-order valence-electron chi connectivity index (χ2n) is 5.66. The van der Waals surface area contributed by atoms with Crippen molar-refractivity contribution in [2.75, 3.05) is 0 Å². The van der Waals surface area contributed by atoms with Gasteiger partial charge in [0.05, 0.1) is 0 Å². The standard InChI is InChI=1S/C16H18N2O6S/c1-8-4-5-11(6-9(8)2)14(16(20)21)18-15(19)12-7-13(10(3)24-12)25(17,22)23/h4-7,14H,1-3H3,(H,18,19)(H,20,21)(H2,17,22,23). The van der Waals surface area contributed by atoms with Crippen LogP contribution >= 0.6 is 0 Å². The molecule has 0 fully saturated rings. The average Bonchev–Trinajstić information content (AvgIpc) is 2.89. The number of carbonyl (C=O) groups is 2. The van der Waals surface area contributed by atoms with Crippen molar-refractivity contribution in [1.82, 2.24) is 5.32 Å². The Bertz CT molecular complexity index is 946. The van der Waals surface area contributed by atoms with Crippen LogP contribution in [0.25, 0.3) is 0 Å². The zero-order valence-corrected chi connectivity index (χ0v) is 14.7. The number of hydrogen-bond acceptors (Lipinski definition) is 5. The van der Waals surface area contributed by atoms with Gasteiger partial charge in [0.2, 0.25) is 10.0 Å². The van der Waals surface area contributed by atoms with Crippen LogP contribution in [0.4, 0.5) is 0 Å². The Morgan fingerprint density at radius 2 is 1.80 bits per heavy atom. The average molecular weight is 366 g/mol. The third-order valence-electron chi connectivity index (χ3n) is 3.79. The number of hydrogen-bond donors (Lipinski definition) is 3. The fourth-order valence-electron chi connectivity index (χ4n) is 2.29. The summed E-state index contributed by atoms with van der Waals surface area (Å²) in [6.07, 6.45) is 0. The summed E-state index contributed by atoms with van der Waals surface area (Å²) in [5, 5.41) is 16.8. The van der Waals surface area contributed by atoms with Crippen molar-refractivity contribution in [2.45, 2.75) is 31.7 Å². The molecule has 134 valence electrons. The quantitative estimate of drug-likeness (QED) is 0.731. The number of primary sulfonamides is 1. The van der Waals surface area contributed by atoms with E-state index in [1.54, 1.807) is 18.2 Å². The second-order valence-corrected chi connectivity index (χ2v) is 7.19. The topological polar surface area (TPSA) is 140 Å². The molecule has 8 nitrogen and oxygen atoms in total. The first-order valence-electron chi connectivity index (χ1n) is 7.24. The molecule has 1 atom stereocenters. The van der Waals surface area contributed by atoms with Crippen LogP contribution in [0.5, 0.6) is 0 Å². The lowest BCUT2D eigenvalue weighted by Crippen LogP contribution is -2.33. The number of rotatable bonds is 5. The van der Waals surface area contributed by atoms with Crippen molar-refractivity contribution in [3.8, 4) is 0 Å². The van der Waals surface area contributed by atoms with Crippen LogP contribution in [0, 0.1) is 20.8 Å². The zero-order chi connectivity index (χ0) is 18.9. The Labute approximate surface area is 144 Å². The van der Waals surface area contributed by atoms with Gasteiger partial charge in [-0.05, 0) is 37.5 Å². The maximum Gasteiger partial charge on any atom is 0.330 e. The summed E-state index contributed by atoms with van der Waals surface area (Å²) < 4.78 is 27.9. The zero-order valence-electron chi connectivity index (χ0n) is 13.9. The number of amides is 1. The van der Waals surface area contributed by atoms with Crippen LogP contribution in [0.3, 0.4) is 0 Å². The van der Waals surface area contributed by atoms with E-state index in [0.717, 1.165) is 17.2 Å². The van der Waals surface area contributed by atoms with E-state index in [1.807, 2.05) is 13.8 Å². The molecule has 0 radical (unpaired) electrons. The highest BCUT2D eigenvalue weighted by Crippen LogP contribution is 2.21. The van der Waals surface area contributed by atoms with Crippen molar-refractivity contribution in [2.24, 2.45) is 5.14 Å². The number of carboxylic acids is 1. The predicted octanol–water partition coefficient (Wildman–Crippen LogP) is 1.41. The Kier molecular flexibility index (Phi) is 5.00. The van der Waals surface area contributed by atoms with Gasteiger partial charge in [-0.25, -0.2) is 18.4 Å². The molecule has 0 aliphatic heterocycles. The summed E-state index contributed by atoms with van der Waals surface area (Å²) in [6.45, 7) is 5.05. The number of carbonyl (C=O) groups excluding carboxylic acids is 1. The van der Waals surface area contributed by atoms with E-state index in [-0.39, 0.29) is 16.4 Å². The number of furan rings is 1. The molecule has 2 aromatic rings. The van der Waals surface area contributed by atoms with Crippen LogP contribution < -0.4 is 10.5 Å². The van der Waals surface area contributed by atoms with Crippen molar-refractivity contribution in [1.29, 1.82) is 0 Å². The number of carboxylic acid groups (broad SMARTS) is 1. The lowest BCUT2D eigenvalue weighted by Gasteiger charge is -2.15. The SMILES string of the molecule is Cc1ccc(C(NC(=O)c2cc(S(N)(=O)=O)c(C)o2)C(=O)O)cc1C. The molecule has 25 heavy (non-hydrogen) atoms. The molecule has 0 saturated heterocycles. The molecule has 0 aliphatic rings. The molecular formula is C16H18N2O6S. The summed E-state index contributed by atoms with van der Waals surface area (Å²) in [6, 6.07) is 4.68. The number of aliphatic carboxylic acids is 1. The third-order valence-corrected chi connectivity index (χ3v) is 4.81. The lowest BCUT2D eigenvalue weighted by molar-refractivity contribution is -0.139. The third kappa shape index (κ3) is 4.06. The second kappa shape index (κ2) is 6.69. The van der Waals surface area contributed by atoms with Gasteiger partial charge in [-0.3, -0.25) is 4.79 Å². The van der Waals surface area contributed by atoms with E-state index in [2.05, 4.69) is 5.32 Å². The summed E-state index contributed by atoms with van der Waals surface area (Å²) >= 11 is 0. The van der Waals surface area contributed by atoms with Crippen molar-refractivity contribution in [3.05, 3.63) is 52.5 Å². The summed E-state index contributed by atoms with van der Waals surface area (Å²) in [5.74, 6) is -2.50. The maximum absolute atomic E-state index is 12.3. The molecule has 1 aromatic carbocycles. The molecule has 2 rings (SSSR count). The van der Waals surface area contributed by atoms with Gasteiger partial charge < -0.3 is 14.8 Å². The fourth-order valence-corrected chi connectivity index (χ4v) is 3.01. The van der Waals surface area contributed by atoms with E-state index in [9.17, 15) is 23.1 Å². The number of benzene rings is 1. The summed E-state index contributed by atoms with van der Waals surface area (Å²) in [4.78, 5) is 23.5. The number of sulfonamides is 1. The first-order valence-corrected chi connectivity index (χ1v) is 8.79. The Balaban J connectivity index is 2.33. The van der Waals surface area contributed by atoms with E-state index < -0.39 is 27.9 Å². The molecule has 1 amide bonds. The van der Waals surface area contributed by atoms with Gasteiger partial charge in [0.25, 0.3) is 5.91 Å². The van der Waals surface area contributed by atoms with Gasteiger partial charge in [0.15, 0.2) is 11.8 Å². The summed E-state index contributed by atoms with van der Waals surface area (Å²) in [5.41, 5.74) is 2.25. The molecule has 0 aliphatic carbocycles. The minimum Gasteiger partial charge on any atom is -0.479 e. The predicted molar refractivity (Wildman–Crippen MR) is 88.6 cm³/mol. The molecule has 1 unspecified atom stereocenters. The van der Waals surface area contributed by atoms with Crippen LogP contribution in [-0.4, -0.2) is 25.4 Å². The van der Waals surface area contributed by atoms with E-state index in [4.69, 9.17) is 9.56 Å². The van der Waals surface area contributed by atoms with Crippen molar-refractivity contribution >= 4 is 21.9 Å². The van der Waals surface area contributed by atoms with Gasteiger partial charge in [0, 0.05) is 6.07 Å². The van der Waals surface area contributed by atoms with Crippen molar-refractivity contribution < 1.29 is 27.5 Å². The van der Waals surface area contributed by atoms with Gasteiger partial charge >= 0.3 is 5.97 Å². The lowest BCUT2D eigenvalue weighted by atomic mass is 10.0. The highest BCUT2D eigenvalue weighted by molar-refractivity contribution is 7.89. The molecule has 9 heteroatoms. The molecule has 1 aromatic heterocycles. The van der Waals surface area contributed by atoms with Gasteiger partial charge in [-0.2, -0.15) is 0 Å². The van der Waals surface area contributed by atoms with Crippen LogP contribution in [-0.2, 0) is 14.8 Å². The van der Waals surface area contributed by atoms with Crippen LogP contribution in [0.15, 0.2) is 33.6 Å². The van der Waals surface area contributed by atoms with Gasteiger partial charge in [-0.1, -0.05) is 18.2 Å². The van der Waals surface area contributed by atoms with Gasteiger partial charge in [0.1, 0.15) is 10.7 Å². The largest absolute Gasteiger partial charge is 0.479 e. The normalized spacial score (nSPS) is 12.6. The Morgan fingerprint density at radius 3 is 2.28 bits per heavy atom. The molecule has 4 N–H and O–H groups in total. The maximum atomic E-state index is 12.3. The highest BCUT2D eigenvalue weighted by atomic mass is 32.2. The fraction of sp³-hybridized carbons (Fsp3) is 0.250. The molecule has 0 bridgehead atoms. The molecule has 0 spiro atoms. The highest BCUT2D eigenvalue weighted by Gasteiger charge is 2.26. The van der Waals surface area contributed by atoms with E-state index in [1.165, 1.54) is 6.92 Å². The minimum absolute atomic E-state index is 0.0503. The molecule has 0 saturated carbocycles. The van der Waals surface area contributed by atoms with E-state index in [0.29, 0.717) is 5.56 Å².